The van der Waals surface area contributed by atoms with Gasteiger partial charge in [0.05, 0.1) is 0 Å². The van der Waals surface area contributed by atoms with Gasteiger partial charge in [-0.2, -0.15) is 0 Å². The number of nitrogens with one attached hydrogen (secondary N) is 1. The topological polar surface area (TPSA) is 29.9 Å². The van der Waals surface area contributed by atoms with Gasteiger partial charge in [-0.05, 0) is 36.9 Å². The molecule has 1 unspecified atom stereocenters. The first-order valence-electron chi connectivity index (χ1n) is 7.09. The molecule has 0 spiro atoms. The van der Waals surface area contributed by atoms with Gasteiger partial charge in [-0.25, -0.2) is 4.98 Å². The van der Waals surface area contributed by atoms with Crippen molar-refractivity contribution in [1.29, 1.82) is 0 Å². The average molecular weight is 277 g/mol. The molecule has 0 aromatic carbocycles. The van der Waals surface area contributed by atoms with Gasteiger partial charge in [0.25, 0.3) is 0 Å². The third-order valence-electron chi connectivity index (χ3n) is 3.46. The standard InChI is InChI=1S/C15H23N3S/c1-4-12-7-10-19-15(12)13(16-5-2)11-14-17-8-9-18(14)6-3/h7-10,13,16H,4-6,11H2,1-3H3. The van der Waals surface area contributed by atoms with Crippen LogP contribution in [0, 0.1) is 0 Å². The Labute approximate surface area is 119 Å². The maximum Gasteiger partial charge on any atom is 0.110 e. The first kappa shape index (κ1) is 14.3. The van der Waals surface area contributed by atoms with Crippen LogP contribution in [-0.2, 0) is 19.4 Å². The zero-order chi connectivity index (χ0) is 13.7. The van der Waals surface area contributed by atoms with Crippen molar-refractivity contribution in [3.8, 4) is 0 Å². The van der Waals surface area contributed by atoms with E-state index in [2.05, 4.69) is 53.3 Å². The molecule has 0 saturated carbocycles. The summed E-state index contributed by atoms with van der Waals surface area (Å²) < 4.78 is 2.23. The fourth-order valence-electron chi connectivity index (χ4n) is 2.45. The predicted molar refractivity (Wildman–Crippen MR) is 81.7 cm³/mol. The molecule has 0 aliphatic heterocycles. The second-order valence-corrected chi connectivity index (χ2v) is 5.56. The van der Waals surface area contributed by atoms with Crippen molar-refractivity contribution >= 4 is 11.3 Å². The minimum absolute atomic E-state index is 0.382. The summed E-state index contributed by atoms with van der Waals surface area (Å²) in [6, 6.07) is 2.63. The number of hydrogen-bond acceptors (Lipinski definition) is 3. The van der Waals surface area contributed by atoms with Crippen molar-refractivity contribution in [3.63, 3.8) is 0 Å². The lowest BCUT2D eigenvalue weighted by atomic mass is 10.1. The van der Waals surface area contributed by atoms with Crippen molar-refractivity contribution in [1.82, 2.24) is 14.9 Å². The highest BCUT2D eigenvalue weighted by atomic mass is 32.1. The summed E-state index contributed by atoms with van der Waals surface area (Å²) in [5.41, 5.74) is 1.46. The molecule has 0 bridgehead atoms. The van der Waals surface area contributed by atoms with E-state index in [-0.39, 0.29) is 0 Å². The largest absolute Gasteiger partial charge is 0.335 e. The molecule has 2 heterocycles. The van der Waals surface area contributed by atoms with Gasteiger partial charge in [0.1, 0.15) is 5.82 Å². The van der Waals surface area contributed by atoms with Gasteiger partial charge in [-0.15, -0.1) is 11.3 Å². The van der Waals surface area contributed by atoms with E-state index >= 15 is 0 Å². The highest BCUT2D eigenvalue weighted by molar-refractivity contribution is 7.10. The molecule has 19 heavy (non-hydrogen) atoms. The maximum absolute atomic E-state index is 4.50. The molecular formula is C15H23N3S. The highest BCUT2D eigenvalue weighted by Crippen LogP contribution is 2.27. The Morgan fingerprint density at radius 3 is 2.89 bits per heavy atom. The fraction of sp³-hybridized carbons (Fsp3) is 0.533. The van der Waals surface area contributed by atoms with Gasteiger partial charge in [-0.3, -0.25) is 0 Å². The van der Waals surface area contributed by atoms with E-state index in [1.165, 1.54) is 16.3 Å². The minimum atomic E-state index is 0.382. The molecule has 1 N–H and O–H groups in total. The first-order chi connectivity index (χ1) is 9.30. The number of aryl methyl sites for hydroxylation is 2. The Bertz CT molecular complexity index is 501. The van der Waals surface area contributed by atoms with Crippen molar-refractivity contribution in [2.45, 2.75) is 46.2 Å². The average Bonchev–Trinajstić information content (AvgIpc) is 3.06. The van der Waals surface area contributed by atoms with Crippen LogP contribution >= 0.6 is 11.3 Å². The van der Waals surface area contributed by atoms with Crippen LogP contribution in [0.4, 0.5) is 0 Å². The number of aromatic nitrogens is 2. The van der Waals surface area contributed by atoms with Crippen LogP contribution in [0.2, 0.25) is 0 Å². The molecule has 3 nitrogen and oxygen atoms in total. The van der Waals surface area contributed by atoms with Crippen LogP contribution < -0.4 is 5.32 Å². The lowest BCUT2D eigenvalue weighted by Crippen LogP contribution is -2.24. The number of rotatable bonds is 7. The number of nitrogens with zero attached hydrogens (tertiary/aromatic N) is 2. The van der Waals surface area contributed by atoms with Gasteiger partial charge < -0.3 is 9.88 Å². The summed E-state index contributed by atoms with van der Waals surface area (Å²) in [6.07, 6.45) is 6.02. The van der Waals surface area contributed by atoms with Gasteiger partial charge in [0.2, 0.25) is 0 Å². The first-order valence-corrected chi connectivity index (χ1v) is 7.97. The van der Waals surface area contributed by atoms with E-state index < -0.39 is 0 Å². The number of likely N-dealkylation sites (N-methyl/N-ethyl adjacent to an activating group) is 1. The molecular weight excluding hydrogens is 254 g/mol. The molecule has 0 aliphatic rings. The van der Waals surface area contributed by atoms with Crippen molar-refractivity contribution < 1.29 is 0 Å². The molecule has 0 radical (unpaired) electrons. The van der Waals surface area contributed by atoms with Crippen molar-refractivity contribution in [2.75, 3.05) is 6.54 Å². The van der Waals surface area contributed by atoms with Crippen LogP contribution in [0.15, 0.2) is 23.8 Å². The summed E-state index contributed by atoms with van der Waals surface area (Å²) in [5.74, 6) is 1.17. The quantitative estimate of drug-likeness (QED) is 0.840. The molecule has 4 heteroatoms. The smallest absolute Gasteiger partial charge is 0.110 e. The molecule has 0 saturated heterocycles. The summed E-state index contributed by atoms with van der Waals surface area (Å²) in [4.78, 5) is 5.97. The lowest BCUT2D eigenvalue weighted by molar-refractivity contribution is 0.526. The zero-order valence-corrected chi connectivity index (χ0v) is 12.8. The second-order valence-electron chi connectivity index (χ2n) is 4.61. The van der Waals surface area contributed by atoms with E-state index in [1.54, 1.807) is 0 Å². The normalized spacial score (nSPS) is 12.8. The van der Waals surface area contributed by atoms with Gasteiger partial charge >= 0.3 is 0 Å². The Balaban J connectivity index is 2.21. The lowest BCUT2D eigenvalue weighted by Gasteiger charge is -2.18. The third kappa shape index (κ3) is 3.25. The molecule has 104 valence electrons. The number of hydrogen-bond donors (Lipinski definition) is 1. The molecule has 2 rings (SSSR count). The van der Waals surface area contributed by atoms with Crippen LogP contribution in [0.25, 0.3) is 0 Å². The monoisotopic (exact) mass is 277 g/mol. The molecule has 0 fully saturated rings. The van der Waals surface area contributed by atoms with E-state index in [9.17, 15) is 0 Å². The minimum Gasteiger partial charge on any atom is -0.335 e. The van der Waals surface area contributed by atoms with Crippen LogP contribution in [-0.4, -0.2) is 16.1 Å². The Morgan fingerprint density at radius 2 is 2.21 bits per heavy atom. The van der Waals surface area contributed by atoms with E-state index in [1.807, 2.05) is 17.5 Å². The fourth-order valence-corrected chi connectivity index (χ4v) is 3.52. The van der Waals surface area contributed by atoms with Gasteiger partial charge in [0, 0.05) is 36.3 Å². The Hall–Kier alpha value is -1.13. The van der Waals surface area contributed by atoms with Crippen molar-refractivity contribution in [2.24, 2.45) is 0 Å². The van der Waals surface area contributed by atoms with E-state index in [0.717, 1.165) is 25.9 Å². The molecule has 0 aliphatic carbocycles. The predicted octanol–water partition coefficient (Wildman–Crippen LogP) is 3.42. The molecule has 2 aromatic rings. The van der Waals surface area contributed by atoms with E-state index in [4.69, 9.17) is 0 Å². The highest BCUT2D eigenvalue weighted by Gasteiger charge is 2.18. The Kier molecular flexibility index (Phi) is 5.16. The van der Waals surface area contributed by atoms with Gasteiger partial charge in [-0.1, -0.05) is 13.8 Å². The molecule has 1 atom stereocenters. The molecule has 0 amide bonds. The summed E-state index contributed by atoms with van der Waals surface area (Å²) in [7, 11) is 0. The summed E-state index contributed by atoms with van der Waals surface area (Å²) in [5, 5.41) is 5.81. The maximum atomic E-state index is 4.50. The summed E-state index contributed by atoms with van der Waals surface area (Å²) >= 11 is 1.86. The zero-order valence-electron chi connectivity index (χ0n) is 12.0. The SMILES string of the molecule is CCNC(Cc1nccn1CC)c1sccc1CC. The van der Waals surface area contributed by atoms with Crippen LogP contribution in [0.5, 0.6) is 0 Å². The number of thiophene rings is 1. The summed E-state index contributed by atoms with van der Waals surface area (Å²) in [6.45, 7) is 8.52. The third-order valence-corrected chi connectivity index (χ3v) is 4.53. The van der Waals surface area contributed by atoms with Crippen LogP contribution in [0.3, 0.4) is 0 Å². The van der Waals surface area contributed by atoms with Crippen molar-refractivity contribution in [3.05, 3.63) is 40.1 Å². The van der Waals surface area contributed by atoms with Crippen LogP contribution in [0.1, 0.15) is 43.1 Å². The molecule has 2 aromatic heterocycles. The van der Waals surface area contributed by atoms with E-state index in [0.29, 0.717) is 6.04 Å². The second kappa shape index (κ2) is 6.87. The van der Waals surface area contributed by atoms with Gasteiger partial charge in [0.15, 0.2) is 0 Å². The Morgan fingerprint density at radius 1 is 1.37 bits per heavy atom. The number of imidazole rings is 1.